The average Bonchev–Trinajstić information content (AvgIpc) is 2.32. The largest absolute Gasteiger partial charge is 0.388 e. The van der Waals surface area contributed by atoms with Crippen LogP contribution in [0, 0.1) is 13.8 Å². The lowest BCUT2D eigenvalue weighted by Crippen LogP contribution is -2.04. The molecule has 1 unspecified atom stereocenters. The lowest BCUT2D eigenvalue weighted by Gasteiger charge is -2.15. The Bertz CT molecular complexity index is 595. The van der Waals surface area contributed by atoms with Gasteiger partial charge in [0.2, 0.25) is 0 Å². The van der Waals surface area contributed by atoms with Crippen molar-refractivity contribution in [2.24, 2.45) is 0 Å². The zero-order valence-corrected chi connectivity index (χ0v) is 13.3. The standard InChI is InChI=1S/C16H16BrClO/c1-10-3-6-14(11(2)7-10)16(19)8-12-4-5-13(17)9-15(12)18/h3-7,9,16,19H,8H2,1-2H3. The van der Waals surface area contributed by atoms with Gasteiger partial charge in [-0.2, -0.15) is 0 Å². The van der Waals surface area contributed by atoms with Gasteiger partial charge in [-0.05, 0) is 42.7 Å². The Morgan fingerprint density at radius 3 is 2.53 bits per heavy atom. The molecule has 0 heterocycles. The van der Waals surface area contributed by atoms with Crippen molar-refractivity contribution in [3.8, 4) is 0 Å². The van der Waals surface area contributed by atoms with E-state index in [4.69, 9.17) is 11.6 Å². The fourth-order valence-electron chi connectivity index (χ4n) is 2.20. The molecule has 2 aromatic carbocycles. The van der Waals surface area contributed by atoms with Crippen molar-refractivity contribution in [3.63, 3.8) is 0 Å². The Kier molecular flexibility index (Phi) is 4.67. The van der Waals surface area contributed by atoms with Crippen LogP contribution in [-0.4, -0.2) is 5.11 Å². The summed E-state index contributed by atoms with van der Waals surface area (Å²) < 4.78 is 0.947. The topological polar surface area (TPSA) is 20.2 Å². The summed E-state index contributed by atoms with van der Waals surface area (Å²) in [6.07, 6.45) is -0.00462. The summed E-state index contributed by atoms with van der Waals surface area (Å²) in [6, 6.07) is 11.8. The first-order valence-corrected chi connectivity index (χ1v) is 7.33. The average molecular weight is 340 g/mol. The third-order valence-corrected chi connectivity index (χ3v) is 4.06. The Balaban J connectivity index is 2.23. The van der Waals surface area contributed by atoms with E-state index in [0.29, 0.717) is 11.4 Å². The van der Waals surface area contributed by atoms with Gasteiger partial charge in [-0.3, -0.25) is 0 Å². The minimum atomic E-state index is -0.528. The summed E-state index contributed by atoms with van der Waals surface area (Å²) in [4.78, 5) is 0. The second-order valence-corrected chi connectivity index (χ2v) is 6.14. The van der Waals surface area contributed by atoms with Gasteiger partial charge < -0.3 is 5.11 Å². The van der Waals surface area contributed by atoms with E-state index in [0.717, 1.165) is 21.2 Å². The number of halogens is 2. The highest BCUT2D eigenvalue weighted by atomic mass is 79.9. The molecule has 0 saturated heterocycles. The van der Waals surface area contributed by atoms with Gasteiger partial charge in [0.15, 0.2) is 0 Å². The van der Waals surface area contributed by atoms with Crippen molar-refractivity contribution < 1.29 is 5.11 Å². The molecule has 0 aliphatic carbocycles. The normalized spacial score (nSPS) is 12.5. The minimum absolute atomic E-state index is 0.524. The summed E-state index contributed by atoms with van der Waals surface area (Å²) in [5, 5.41) is 11.0. The molecule has 0 spiro atoms. The van der Waals surface area contributed by atoms with Crippen LogP contribution in [0.1, 0.15) is 28.4 Å². The van der Waals surface area contributed by atoms with E-state index >= 15 is 0 Å². The molecule has 2 rings (SSSR count). The van der Waals surface area contributed by atoms with Gasteiger partial charge in [-0.15, -0.1) is 0 Å². The highest BCUT2D eigenvalue weighted by Gasteiger charge is 2.13. The molecule has 1 nitrogen and oxygen atoms in total. The third kappa shape index (κ3) is 3.59. The van der Waals surface area contributed by atoms with Crippen molar-refractivity contribution >= 4 is 27.5 Å². The zero-order chi connectivity index (χ0) is 14.0. The minimum Gasteiger partial charge on any atom is -0.388 e. The Hall–Kier alpha value is -0.830. The first-order chi connectivity index (χ1) is 8.97. The fourth-order valence-corrected chi connectivity index (χ4v) is 2.96. The van der Waals surface area contributed by atoms with E-state index in [9.17, 15) is 5.11 Å². The molecule has 100 valence electrons. The molecule has 0 bridgehead atoms. The highest BCUT2D eigenvalue weighted by Crippen LogP contribution is 2.27. The van der Waals surface area contributed by atoms with Gasteiger partial charge in [0, 0.05) is 15.9 Å². The Labute approximate surface area is 127 Å². The number of aliphatic hydroxyl groups excluding tert-OH is 1. The second kappa shape index (κ2) is 6.08. The number of hydrogen-bond donors (Lipinski definition) is 1. The molecule has 2 aromatic rings. The van der Waals surface area contributed by atoms with Crippen LogP contribution in [0.15, 0.2) is 40.9 Å². The van der Waals surface area contributed by atoms with Gasteiger partial charge in [0.1, 0.15) is 0 Å². The smallest absolute Gasteiger partial charge is 0.0833 e. The van der Waals surface area contributed by atoms with Gasteiger partial charge in [-0.25, -0.2) is 0 Å². The number of rotatable bonds is 3. The highest BCUT2D eigenvalue weighted by molar-refractivity contribution is 9.10. The molecule has 1 atom stereocenters. The van der Waals surface area contributed by atoms with Gasteiger partial charge in [0.25, 0.3) is 0 Å². The lowest BCUT2D eigenvalue weighted by molar-refractivity contribution is 0.177. The molecule has 0 radical (unpaired) electrons. The van der Waals surface area contributed by atoms with Crippen LogP contribution < -0.4 is 0 Å². The van der Waals surface area contributed by atoms with Crippen LogP contribution in [-0.2, 0) is 6.42 Å². The van der Waals surface area contributed by atoms with Gasteiger partial charge in [0.05, 0.1) is 6.10 Å². The predicted octanol–water partition coefficient (Wildman–Crippen LogP) is 5.00. The van der Waals surface area contributed by atoms with E-state index < -0.39 is 6.10 Å². The second-order valence-electron chi connectivity index (χ2n) is 4.82. The molecule has 0 amide bonds. The van der Waals surface area contributed by atoms with Gasteiger partial charge >= 0.3 is 0 Å². The number of aliphatic hydroxyl groups is 1. The Morgan fingerprint density at radius 1 is 1.16 bits per heavy atom. The summed E-state index contributed by atoms with van der Waals surface area (Å²) in [7, 11) is 0. The maximum absolute atomic E-state index is 10.4. The summed E-state index contributed by atoms with van der Waals surface area (Å²) in [6.45, 7) is 4.07. The quantitative estimate of drug-likeness (QED) is 0.834. The van der Waals surface area contributed by atoms with E-state index in [2.05, 4.69) is 28.9 Å². The number of aryl methyl sites for hydroxylation is 2. The number of hydrogen-bond acceptors (Lipinski definition) is 1. The van der Waals surface area contributed by atoms with Crippen LogP contribution in [0.5, 0.6) is 0 Å². The molecule has 0 aliphatic rings. The van der Waals surface area contributed by atoms with Crippen LogP contribution in [0.3, 0.4) is 0 Å². The molecule has 3 heteroatoms. The van der Waals surface area contributed by atoms with E-state index in [1.807, 2.05) is 37.3 Å². The molecular weight excluding hydrogens is 324 g/mol. The first kappa shape index (κ1) is 14.6. The molecule has 19 heavy (non-hydrogen) atoms. The molecule has 0 aliphatic heterocycles. The van der Waals surface area contributed by atoms with E-state index in [1.165, 1.54) is 5.56 Å². The number of benzene rings is 2. The monoisotopic (exact) mass is 338 g/mol. The fraction of sp³-hybridized carbons (Fsp3) is 0.250. The summed E-state index contributed by atoms with van der Waals surface area (Å²) in [5.74, 6) is 0. The SMILES string of the molecule is Cc1ccc(C(O)Cc2ccc(Br)cc2Cl)c(C)c1. The molecule has 0 aromatic heterocycles. The predicted molar refractivity (Wildman–Crippen MR) is 83.7 cm³/mol. The van der Waals surface area contributed by atoms with Crippen molar-refractivity contribution in [1.82, 2.24) is 0 Å². The zero-order valence-electron chi connectivity index (χ0n) is 11.0. The molecular formula is C16H16BrClO. The molecule has 0 fully saturated rings. The maximum Gasteiger partial charge on any atom is 0.0833 e. The maximum atomic E-state index is 10.4. The van der Waals surface area contributed by atoms with Crippen molar-refractivity contribution in [3.05, 3.63) is 68.1 Å². The first-order valence-electron chi connectivity index (χ1n) is 6.16. The molecule has 1 N–H and O–H groups in total. The van der Waals surface area contributed by atoms with Crippen LogP contribution in [0.25, 0.3) is 0 Å². The lowest BCUT2D eigenvalue weighted by atomic mass is 9.96. The molecule has 0 saturated carbocycles. The summed E-state index contributed by atoms with van der Waals surface area (Å²) >= 11 is 9.57. The third-order valence-electron chi connectivity index (χ3n) is 3.21. The van der Waals surface area contributed by atoms with E-state index in [-0.39, 0.29) is 0 Å². The van der Waals surface area contributed by atoms with E-state index in [1.54, 1.807) is 0 Å². The van der Waals surface area contributed by atoms with Crippen LogP contribution >= 0.6 is 27.5 Å². The van der Waals surface area contributed by atoms with Crippen molar-refractivity contribution in [1.29, 1.82) is 0 Å². The van der Waals surface area contributed by atoms with Crippen LogP contribution in [0.4, 0.5) is 0 Å². The van der Waals surface area contributed by atoms with Crippen molar-refractivity contribution in [2.45, 2.75) is 26.4 Å². The summed E-state index contributed by atoms with van der Waals surface area (Å²) in [5.41, 5.74) is 4.23. The van der Waals surface area contributed by atoms with Crippen molar-refractivity contribution in [2.75, 3.05) is 0 Å². The van der Waals surface area contributed by atoms with Crippen LogP contribution in [0.2, 0.25) is 5.02 Å². The Morgan fingerprint density at radius 2 is 1.89 bits per heavy atom. The van der Waals surface area contributed by atoms with Gasteiger partial charge in [-0.1, -0.05) is 57.4 Å².